The number of benzene rings is 1. The molecular formula is C27H29F5N6O2. The van der Waals surface area contributed by atoms with Gasteiger partial charge in [-0.25, -0.2) is 26.5 Å². The molecule has 0 spiro atoms. The molecule has 0 radical (unpaired) electrons. The van der Waals surface area contributed by atoms with E-state index in [4.69, 9.17) is 9.47 Å². The van der Waals surface area contributed by atoms with Crippen LogP contribution in [-0.4, -0.2) is 83.8 Å². The van der Waals surface area contributed by atoms with E-state index in [-0.39, 0.29) is 65.5 Å². The van der Waals surface area contributed by atoms with Gasteiger partial charge in [-0.15, -0.1) is 5.10 Å². The van der Waals surface area contributed by atoms with Gasteiger partial charge in [0.2, 0.25) is 18.3 Å². The number of piperidine rings is 1. The molecule has 3 aromatic rings. The Balaban J connectivity index is 1.28. The molecule has 0 bridgehead atoms. The molecule has 1 unspecified atom stereocenters. The minimum absolute atomic E-state index is 0.0295. The monoisotopic (exact) mass is 564 g/mol. The molecule has 1 aromatic carbocycles. The summed E-state index contributed by atoms with van der Waals surface area (Å²) in [5, 5.41) is 7.38. The summed E-state index contributed by atoms with van der Waals surface area (Å²) in [6, 6.07) is 2.50. The second kappa shape index (κ2) is 10.9. The van der Waals surface area contributed by atoms with Crippen molar-refractivity contribution < 1.29 is 31.4 Å². The van der Waals surface area contributed by atoms with Crippen LogP contribution in [0, 0.1) is 17.6 Å². The molecule has 3 aliphatic rings. The summed E-state index contributed by atoms with van der Waals surface area (Å²) in [4.78, 5) is 10.6. The lowest BCUT2D eigenvalue weighted by Crippen LogP contribution is -2.57. The second-order valence-electron chi connectivity index (χ2n) is 10.5. The molecule has 13 heteroatoms. The predicted octanol–water partition coefficient (Wildman–Crippen LogP) is 4.83. The van der Waals surface area contributed by atoms with Crippen LogP contribution in [0.15, 0.2) is 23.3 Å². The lowest BCUT2D eigenvalue weighted by molar-refractivity contribution is -0.0794. The van der Waals surface area contributed by atoms with Gasteiger partial charge in [-0.3, -0.25) is 9.89 Å². The number of aliphatic imine (C=N–C) groups is 1. The van der Waals surface area contributed by atoms with E-state index in [0.29, 0.717) is 38.2 Å². The summed E-state index contributed by atoms with van der Waals surface area (Å²) in [5.41, 5.74) is 1.05. The van der Waals surface area contributed by atoms with E-state index in [1.54, 1.807) is 6.07 Å². The van der Waals surface area contributed by atoms with E-state index in [9.17, 15) is 8.78 Å². The smallest absolute Gasteiger partial charge is 0.244 e. The van der Waals surface area contributed by atoms with Crippen LogP contribution >= 0.6 is 0 Å². The first-order valence-electron chi connectivity index (χ1n) is 13.3. The molecule has 0 saturated carbocycles. The number of nitrogens with zero attached hydrogens (tertiary/aromatic N) is 5. The van der Waals surface area contributed by atoms with Crippen LogP contribution in [0.5, 0.6) is 5.88 Å². The van der Waals surface area contributed by atoms with Crippen LogP contribution in [0.4, 0.5) is 33.6 Å². The maximum absolute atomic E-state index is 15.4. The van der Waals surface area contributed by atoms with Crippen LogP contribution in [0.1, 0.15) is 24.8 Å². The molecule has 5 heterocycles. The summed E-state index contributed by atoms with van der Waals surface area (Å²) in [7, 11) is 1.37. The van der Waals surface area contributed by atoms with Crippen molar-refractivity contribution in [3.05, 3.63) is 35.5 Å². The standard InChI is InChI=1S/C27H29F5N6O2/c1-39-26-25-23(15-7-16-6-14(2-3-22(31)32)9-33-24(16)18(28)8-15)20(30)11-38(25)36-27(35-26)34-21-4-5-37(10-19(21)29)17-12-40-13-17/h7-9,11,14,17,19,21-22H,2-6,10,12-13H2,1H3,(H,34,36)/t14?,19-,21+/m1/s1. The number of anilines is 1. The highest BCUT2D eigenvalue weighted by Gasteiger charge is 2.36. The Hall–Kier alpha value is -3.32. The van der Waals surface area contributed by atoms with Crippen LogP contribution < -0.4 is 10.1 Å². The highest BCUT2D eigenvalue weighted by atomic mass is 19.3. The Kier molecular flexibility index (Phi) is 7.34. The van der Waals surface area contributed by atoms with Crippen molar-refractivity contribution in [1.82, 2.24) is 19.5 Å². The number of nitrogens with one attached hydrogen (secondary N) is 1. The number of likely N-dealkylation sites (tertiary alicyclic amines) is 1. The number of ether oxygens (including phenoxy) is 2. The van der Waals surface area contributed by atoms with E-state index in [2.05, 4.69) is 25.3 Å². The van der Waals surface area contributed by atoms with Gasteiger partial charge in [0.05, 0.1) is 44.2 Å². The van der Waals surface area contributed by atoms with Crippen molar-refractivity contribution >= 4 is 23.4 Å². The van der Waals surface area contributed by atoms with E-state index >= 15 is 13.2 Å². The zero-order valence-corrected chi connectivity index (χ0v) is 21.8. The highest BCUT2D eigenvalue weighted by Crippen LogP contribution is 2.39. The number of aromatic nitrogens is 3. The fraction of sp³-hybridized carbons (Fsp3) is 0.519. The molecule has 40 heavy (non-hydrogen) atoms. The second-order valence-corrected chi connectivity index (χ2v) is 10.5. The number of hydrogen-bond donors (Lipinski definition) is 1. The topological polar surface area (TPSA) is 76.3 Å². The first kappa shape index (κ1) is 26.9. The molecule has 0 amide bonds. The predicted molar refractivity (Wildman–Crippen MR) is 139 cm³/mol. The maximum atomic E-state index is 15.4. The Morgan fingerprint density at radius 1 is 1.20 bits per heavy atom. The molecule has 2 fully saturated rings. The molecule has 2 aromatic heterocycles. The van der Waals surface area contributed by atoms with Crippen molar-refractivity contribution in [2.24, 2.45) is 10.9 Å². The van der Waals surface area contributed by atoms with Gasteiger partial charge < -0.3 is 14.8 Å². The molecule has 3 atom stereocenters. The summed E-state index contributed by atoms with van der Waals surface area (Å²) < 4.78 is 82.8. The maximum Gasteiger partial charge on any atom is 0.244 e. The van der Waals surface area contributed by atoms with Gasteiger partial charge >= 0.3 is 0 Å². The number of hydrogen-bond acceptors (Lipinski definition) is 7. The van der Waals surface area contributed by atoms with Crippen LogP contribution in [-0.2, 0) is 11.2 Å². The Bertz CT molecular complexity index is 1430. The van der Waals surface area contributed by atoms with Gasteiger partial charge in [-0.1, -0.05) is 0 Å². The van der Waals surface area contributed by atoms with Crippen molar-refractivity contribution in [3.8, 4) is 17.0 Å². The lowest BCUT2D eigenvalue weighted by Gasteiger charge is -2.42. The van der Waals surface area contributed by atoms with Gasteiger partial charge in [-0.2, -0.15) is 4.98 Å². The third-order valence-corrected chi connectivity index (χ3v) is 7.85. The van der Waals surface area contributed by atoms with E-state index in [0.717, 1.165) is 6.20 Å². The SMILES string of the molecule is COc1nc(N[C@H]2CCN(C3COC3)C[C@H]2F)nn2cc(F)c(-c3cc(F)c4c(c3)CC(CCC(F)F)C=N4)c12. The van der Waals surface area contributed by atoms with Crippen LogP contribution in [0.25, 0.3) is 16.6 Å². The summed E-state index contributed by atoms with van der Waals surface area (Å²) in [6.07, 6.45) is -0.200. The molecular weight excluding hydrogens is 535 g/mol. The largest absolute Gasteiger partial charge is 0.479 e. The molecule has 1 N–H and O–H groups in total. The molecule has 0 aliphatic carbocycles. The summed E-state index contributed by atoms with van der Waals surface area (Å²) in [6.45, 7) is 2.20. The minimum Gasteiger partial charge on any atom is -0.479 e. The van der Waals surface area contributed by atoms with Crippen LogP contribution in [0.3, 0.4) is 0 Å². The molecule has 6 rings (SSSR count). The number of halogens is 5. The lowest BCUT2D eigenvalue weighted by atomic mass is 9.90. The first-order valence-corrected chi connectivity index (χ1v) is 13.3. The van der Waals surface area contributed by atoms with Gasteiger partial charge in [0, 0.05) is 25.7 Å². The molecule has 2 saturated heterocycles. The third kappa shape index (κ3) is 5.12. The fourth-order valence-electron chi connectivity index (χ4n) is 5.65. The average Bonchev–Trinajstić information content (AvgIpc) is 3.23. The minimum atomic E-state index is -2.43. The normalized spacial score (nSPS) is 23.4. The fourth-order valence-corrected chi connectivity index (χ4v) is 5.65. The summed E-state index contributed by atoms with van der Waals surface area (Å²) >= 11 is 0. The van der Waals surface area contributed by atoms with E-state index in [1.165, 1.54) is 23.9 Å². The van der Waals surface area contributed by atoms with Gasteiger partial charge in [-0.05, 0) is 48.4 Å². The van der Waals surface area contributed by atoms with Crippen molar-refractivity contribution in [3.63, 3.8) is 0 Å². The molecule has 3 aliphatic heterocycles. The van der Waals surface area contributed by atoms with E-state index in [1.807, 2.05) is 0 Å². The van der Waals surface area contributed by atoms with Crippen molar-refractivity contribution in [1.29, 1.82) is 0 Å². The number of methoxy groups -OCH3 is 1. The Morgan fingerprint density at radius 3 is 2.73 bits per heavy atom. The highest BCUT2D eigenvalue weighted by molar-refractivity contribution is 5.86. The molecule has 8 nitrogen and oxygen atoms in total. The van der Waals surface area contributed by atoms with Crippen molar-refractivity contribution in [2.75, 3.05) is 38.7 Å². The zero-order chi connectivity index (χ0) is 28.0. The zero-order valence-electron chi connectivity index (χ0n) is 21.8. The Labute approximate surface area is 227 Å². The number of alkyl halides is 3. The summed E-state index contributed by atoms with van der Waals surface area (Å²) in [5.74, 6) is -1.50. The number of rotatable bonds is 8. The average molecular weight is 565 g/mol. The Morgan fingerprint density at radius 2 is 2.02 bits per heavy atom. The third-order valence-electron chi connectivity index (χ3n) is 7.85. The molecule has 214 valence electrons. The first-order chi connectivity index (χ1) is 19.3. The number of fused-ring (bicyclic) bond motifs is 2. The van der Waals surface area contributed by atoms with Crippen LogP contribution in [0.2, 0.25) is 0 Å². The van der Waals surface area contributed by atoms with Gasteiger partial charge in [0.25, 0.3) is 0 Å². The van der Waals surface area contributed by atoms with E-state index < -0.39 is 30.3 Å². The van der Waals surface area contributed by atoms with Gasteiger partial charge in [0.1, 0.15) is 23.2 Å². The van der Waals surface area contributed by atoms with Gasteiger partial charge in [0.15, 0.2) is 5.82 Å². The quantitative estimate of drug-likeness (QED) is 0.396. The van der Waals surface area contributed by atoms with Crippen molar-refractivity contribution in [2.45, 2.75) is 50.4 Å².